The van der Waals surface area contributed by atoms with Crippen molar-refractivity contribution in [3.8, 4) is 11.4 Å². The summed E-state index contributed by atoms with van der Waals surface area (Å²) < 4.78 is 24.7. The van der Waals surface area contributed by atoms with Crippen LogP contribution in [0.4, 0.5) is 5.82 Å². The number of sulfone groups is 1. The van der Waals surface area contributed by atoms with Crippen LogP contribution >= 0.6 is 0 Å². The maximum Gasteiger partial charge on any atom is 0.161 e. The zero-order chi connectivity index (χ0) is 18.8. The molecule has 0 aliphatic carbocycles. The summed E-state index contributed by atoms with van der Waals surface area (Å²) in [4.78, 5) is 15.5. The third-order valence-electron chi connectivity index (χ3n) is 5.45. The van der Waals surface area contributed by atoms with Gasteiger partial charge in [0.05, 0.1) is 10.5 Å². The van der Waals surface area contributed by atoms with E-state index in [0.29, 0.717) is 31.8 Å². The predicted octanol–water partition coefficient (Wildman–Crippen LogP) is 2.89. The van der Waals surface area contributed by atoms with Gasteiger partial charge >= 0.3 is 0 Å². The maximum absolute atomic E-state index is 12.7. The Kier molecular flexibility index (Phi) is 5.27. The molecule has 0 amide bonds. The van der Waals surface area contributed by atoms with E-state index in [1.54, 1.807) is 12.4 Å². The van der Waals surface area contributed by atoms with Crippen molar-refractivity contribution in [1.29, 1.82) is 0 Å². The predicted molar refractivity (Wildman–Crippen MR) is 104 cm³/mol. The summed E-state index contributed by atoms with van der Waals surface area (Å²) in [6.45, 7) is 6.94. The fourth-order valence-corrected chi connectivity index (χ4v) is 5.66. The molecule has 1 saturated heterocycles. The number of aromatic nitrogens is 3. The van der Waals surface area contributed by atoms with Crippen LogP contribution in [0.15, 0.2) is 30.6 Å². The highest BCUT2D eigenvalue weighted by molar-refractivity contribution is 7.92. The molecule has 0 saturated carbocycles. The van der Waals surface area contributed by atoms with Gasteiger partial charge in [0.25, 0.3) is 0 Å². The molecule has 0 bridgehead atoms. The lowest BCUT2D eigenvalue weighted by Gasteiger charge is -2.42. The standard InChI is InChI=1S/C19H26N4O2S/c1-4-16-13-17(22-18(21-16)15-7-9-20-10-8-15)23-11-12-26(24,25)19(5-2,6-3)14-23/h7-10,13H,4-6,11-12,14H2,1-3H3. The van der Waals surface area contributed by atoms with Gasteiger partial charge in [-0.3, -0.25) is 4.98 Å². The molecule has 0 N–H and O–H groups in total. The van der Waals surface area contributed by atoms with E-state index < -0.39 is 14.6 Å². The van der Waals surface area contributed by atoms with E-state index >= 15 is 0 Å². The Balaban J connectivity index is 2.01. The quantitative estimate of drug-likeness (QED) is 0.801. The molecule has 0 aromatic carbocycles. The van der Waals surface area contributed by atoms with Crippen molar-refractivity contribution in [1.82, 2.24) is 15.0 Å². The first-order valence-corrected chi connectivity index (χ1v) is 10.9. The van der Waals surface area contributed by atoms with Crippen LogP contribution in [0.3, 0.4) is 0 Å². The summed E-state index contributed by atoms with van der Waals surface area (Å²) in [6.07, 6.45) is 5.48. The maximum atomic E-state index is 12.7. The van der Waals surface area contributed by atoms with Crippen LogP contribution in [0.2, 0.25) is 0 Å². The summed E-state index contributed by atoms with van der Waals surface area (Å²) in [5.74, 6) is 1.64. The number of anilines is 1. The number of hydrogen-bond donors (Lipinski definition) is 0. The molecule has 0 spiro atoms. The van der Waals surface area contributed by atoms with Gasteiger partial charge < -0.3 is 4.90 Å². The van der Waals surface area contributed by atoms with Gasteiger partial charge in [-0.1, -0.05) is 20.8 Å². The largest absolute Gasteiger partial charge is 0.354 e. The van der Waals surface area contributed by atoms with Gasteiger partial charge in [-0.25, -0.2) is 18.4 Å². The van der Waals surface area contributed by atoms with Gasteiger partial charge in [-0.2, -0.15) is 0 Å². The van der Waals surface area contributed by atoms with Crippen LogP contribution in [0, 0.1) is 0 Å². The Morgan fingerprint density at radius 3 is 2.42 bits per heavy atom. The highest BCUT2D eigenvalue weighted by atomic mass is 32.2. The molecule has 1 fully saturated rings. The summed E-state index contributed by atoms with van der Waals surface area (Å²) in [7, 11) is -3.10. The Bertz CT molecular complexity index is 864. The molecule has 7 heteroatoms. The fraction of sp³-hybridized carbons (Fsp3) is 0.526. The lowest BCUT2D eigenvalue weighted by molar-refractivity contribution is 0.457. The first-order chi connectivity index (χ1) is 12.4. The van der Waals surface area contributed by atoms with E-state index in [1.165, 1.54) is 0 Å². The molecular weight excluding hydrogens is 348 g/mol. The lowest BCUT2D eigenvalue weighted by atomic mass is 10.0. The molecule has 2 aromatic heterocycles. The fourth-order valence-electron chi connectivity index (χ4n) is 3.54. The second-order valence-electron chi connectivity index (χ2n) is 6.76. The number of nitrogens with zero attached hydrogens (tertiary/aromatic N) is 4. The van der Waals surface area contributed by atoms with Crippen LogP contribution in [-0.4, -0.2) is 47.0 Å². The van der Waals surface area contributed by atoms with E-state index in [-0.39, 0.29) is 5.75 Å². The summed E-state index contributed by atoms with van der Waals surface area (Å²) >= 11 is 0. The third kappa shape index (κ3) is 3.32. The van der Waals surface area contributed by atoms with E-state index in [4.69, 9.17) is 4.98 Å². The molecule has 6 nitrogen and oxygen atoms in total. The van der Waals surface area contributed by atoms with Crippen LogP contribution < -0.4 is 4.90 Å². The van der Waals surface area contributed by atoms with Crippen molar-refractivity contribution in [3.63, 3.8) is 0 Å². The number of pyridine rings is 1. The summed E-state index contributed by atoms with van der Waals surface area (Å²) in [5, 5.41) is 0. The molecule has 0 unspecified atom stereocenters. The van der Waals surface area contributed by atoms with E-state index in [9.17, 15) is 8.42 Å². The van der Waals surface area contributed by atoms with Crippen molar-refractivity contribution in [2.24, 2.45) is 0 Å². The van der Waals surface area contributed by atoms with Gasteiger partial charge in [0.2, 0.25) is 0 Å². The Morgan fingerprint density at radius 2 is 1.81 bits per heavy atom. The van der Waals surface area contributed by atoms with Crippen molar-refractivity contribution in [2.45, 2.75) is 44.8 Å². The van der Waals surface area contributed by atoms with E-state index in [2.05, 4.69) is 21.8 Å². The monoisotopic (exact) mass is 374 g/mol. The topological polar surface area (TPSA) is 76.1 Å². The second-order valence-corrected chi connectivity index (χ2v) is 9.26. The van der Waals surface area contributed by atoms with Crippen LogP contribution in [0.1, 0.15) is 39.3 Å². The molecular formula is C19H26N4O2S. The SMILES string of the molecule is CCc1cc(N2CCS(=O)(=O)C(CC)(CC)C2)nc(-c2ccncc2)n1. The summed E-state index contributed by atoms with van der Waals surface area (Å²) in [5.41, 5.74) is 1.87. The number of aryl methyl sites for hydroxylation is 1. The summed E-state index contributed by atoms with van der Waals surface area (Å²) in [6, 6.07) is 5.77. The molecule has 1 aliphatic heterocycles. The Morgan fingerprint density at radius 1 is 1.12 bits per heavy atom. The van der Waals surface area contributed by atoms with Gasteiger partial charge in [-0.05, 0) is 31.4 Å². The smallest absolute Gasteiger partial charge is 0.161 e. The molecule has 2 aromatic rings. The van der Waals surface area contributed by atoms with Crippen LogP contribution in [-0.2, 0) is 16.3 Å². The lowest BCUT2D eigenvalue weighted by Crippen LogP contribution is -2.56. The second kappa shape index (κ2) is 7.31. The molecule has 0 radical (unpaired) electrons. The number of hydrogen-bond acceptors (Lipinski definition) is 6. The Labute approximate surface area is 155 Å². The van der Waals surface area contributed by atoms with Gasteiger partial charge in [-0.15, -0.1) is 0 Å². The molecule has 3 rings (SSSR count). The first-order valence-electron chi connectivity index (χ1n) is 9.20. The van der Waals surface area contributed by atoms with Crippen molar-refractivity contribution in [2.75, 3.05) is 23.7 Å². The van der Waals surface area contributed by atoms with E-state index in [0.717, 1.165) is 23.5 Å². The molecule has 0 atom stereocenters. The number of rotatable bonds is 5. The minimum Gasteiger partial charge on any atom is -0.354 e. The minimum atomic E-state index is -3.10. The third-order valence-corrected chi connectivity index (χ3v) is 8.19. The molecule has 3 heterocycles. The van der Waals surface area contributed by atoms with Crippen molar-refractivity contribution in [3.05, 3.63) is 36.3 Å². The Hall–Kier alpha value is -2.02. The highest BCUT2D eigenvalue weighted by Crippen LogP contribution is 2.33. The van der Waals surface area contributed by atoms with Crippen molar-refractivity contribution >= 4 is 15.7 Å². The average molecular weight is 375 g/mol. The van der Waals surface area contributed by atoms with Gasteiger partial charge in [0, 0.05) is 42.8 Å². The minimum absolute atomic E-state index is 0.171. The highest BCUT2D eigenvalue weighted by Gasteiger charge is 2.45. The normalized spacial score (nSPS) is 18.7. The molecule has 1 aliphatic rings. The van der Waals surface area contributed by atoms with Gasteiger partial charge in [0.1, 0.15) is 5.82 Å². The van der Waals surface area contributed by atoms with Crippen LogP contribution in [0.5, 0.6) is 0 Å². The molecule has 140 valence electrons. The zero-order valence-electron chi connectivity index (χ0n) is 15.6. The average Bonchev–Trinajstić information content (AvgIpc) is 2.68. The van der Waals surface area contributed by atoms with Crippen LogP contribution in [0.25, 0.3) is 11.4 Å². The first kappa shape index (κ1) is 18.8. The van der Waals surface area contributed by atoms with Gasteiger partial charge in [0.15, 0.2) is 15.7 Å². The van der Waals surface area contributed by atoms with Crippen molar-refractivity contribution < 1.29 is 8.42 Å². The zero-order valence-corrected chi connectivity index (χ0v) is 16.5. The molecule has 26 heavy (non-hydrogen) atoms. The van der Waals surface area contributed by atoms with E-state index in [1.807, 2.05) is 32.0 Å².